The molecule has 0 bridgehead atoms. The largest absolute Gasteiger partial charge is 0.495 e. The fourth-order valence-corrected chi connectivity index (χ4v) is 4.35. The van der Waals surface area contributed by atoms with E-state index in [0.717, 1.165) is 27.9 Å². The number of ether oxygens (including phenoxy) is 1. The molecule has 0 saturated carbocycles. The van der Waals surface area contributed by atoms with Crippen LogP contribution in [0.5, 0.6) is 5.75 Å². The van der Waals surface area contributed by atoms with Gasteiger partial charge in [0.05, 0.1) is 18.0 Å². The van der Waals surface area contributed by atoms with Crippen molar-refractivity contribution in [3.05, 3.63) is 54.1 Å². The third kappa shape index (κ3) is 5.24. The first kappa shape index (κ1) is 20.2. The normalized spacial score (nSPS) is 11.7. The van der Waals surface area contributed by atoms with Crippen molar-refractivity contribution in [3.63, 3.8) is 0 Å². The first-order valence-electron chi connectivity index (χ1n) is 8.89. The Kier molecular flexibility index (Phi) is 6.89. The van der Waals surface area contributed by atoms with Crippen molar-refractivity contribution in [3.8, 4) is 5.75 Å². The zero-order valence-corrected chi connectivity index (χ0v) is 17.6. The first-order chi connectivity index (χ1) is 13.6. The lowest BCUT2D eigenvalue weighted by Gasteiger charge is -2.10. The molecule has 0 radical (unpaired) electrons. The van der Waals surface area contributed by atoms with Crippen LogP contribution < -0.4 is 15.4 Å². The van der Waals surface area contributed by atoms with Crippen LogP contribution in [0.15, 0.2) is 52.9 Å². The maximum absolute atomic E-state index is 12.4. The van der Waals surface area contributed by atoms with E-state index < -0.39 is 0 Å². The highest BCUT2D eigenvalue weighted by Gasteiger charge is 2.18. The minimum absolute atomic E-state index is 0.0660. The van der Waals surface area contributed by atoms with Gasteiger partial charge in [0.25, 0.3) is 0 Å². The molecule has 28 heavy (non-hydrogen) atoms. The molecular weight excluding hydrogens is 392 g/mol. The maximum atomic E-state index is 12.4. The van der Waals surface area contributed by atoms with E-state index in [1.807, 2.05) is 55.5 Å². The predicted molar refractivity (Wildman–Crippen MR) is 116 cm³/mol. The predicted octanol–water partition coefficient (Wildman–Crippen LogP) is 4.97. The quantitative estimate of drug-likeness (QED) is 0.507. The van der Waals surface area contributed by atoms with E-state index in [-0.39, 0.29) is 11.2 Å². The Balaban J connectivity index is 1.58. The monoisotopic (exact) mass is 414 g/mol. The number of nitrogens with zero attached hydrogens (tertiary/aromatic N) is 2. The highest BCUT2D eigenvalue weighted by Crippen LogP contribution is 2.33. The Morgan fingerprint density at radius 2 is 1.93 bits per heavy atom. The molecule has 146 valence electrons. The number of carbonyl (C=O) groups excluding carboxylic acids is 1. The van der Waals surface area contributed by atoms with Gasteiger partial charge in [-0.3, -0.25) is 4.79 Å². The molecule has 3 rings (SSSR count). The van der Waals surface area contributed by atoms with Gasteiger partial charge in [-0.2, -0.15) is 0 Å². The summed E-state index contributed by atoms with van der Waals surface area (Å²) in [7, 11) is 1.62. The molecule has 2 aromatic carbocycles. The number of nitrogens with one attached hydrogen (secondary N) is 2. The van der Waals surface area contributed by atoms with Crippen LogP contribution in [0.2, 0.25) is 0 Å². The van der Waals surface area contributed by atoms with Crippen LogP contribution in [0, 0.1) is 0 Å². The lowest BCUT2D eigenvalue weighted by atomic mass is 10.1. The summed E-state index contributed by atoms with van der Waals surface area (Å²) in [5, 5.41) is 14.8. The molecular formula is C20H22N4O2S2. The molecule has 2 N–H and O–H groups in total. The van der Waals surface area contributed by atoms with Crippen LogP contribution in [0.4, 0.5) is 16.5 Å². The summed E-state index contributed by atoms with van der Waals surface area (Å²) in [4.78, 5) is 12.4. The van der Waals surface area contributed by atoms with Crippen LogP contribution in [0.25, 0.3) is 0 Å². The number of hydrogen-bond acceptors (Lipinski definition) is 7. The third-order valence-electron chi connectivity index (χ3n) is 4.03. The fourth-order valence-electron chi connectivity index (χ4n) is 2.44. The molecule has 3 aromatic rings. The summed E-state index contributed by atoms with van der Waals surface area (Å²) < 4.78 is 6.05. The summed E-state index contributed by atoms with van der Waals surface area (Å²) >= 11 is 2.78. The molecule has 0 saturated heterocycles. The lowest BCUT2D eigenvalue weighted by Crippen LogP contribution is -2.22. The molecule has 0 aliphatic rings. The molecule has 1 amide bonds. The van der Waals surface area contributed by atoms with Crippen LogP contribution in [-0.4, -0.2) is 28.5 Å². The van der Waals surface area contributed by atoms with E-state index in [4.69, 9.17) is 4.74 Å². The Morgan fingerprint density at radius 3 is 2.64 bits per heavy atom. The SMILES string of the molecule is CCc1ccc(NC(=O)C(C)Sc2nnc(Nc3ccccc3OC)s2)cc1. The standard InChI is InChI=1S/C20H22N4O2S2/c1-4-14-9-11-15(12-10-14)21-18(25)13(2)27-20-24-23-19(28-20)22-16-7-5-6-8-17(16)26-3/h5-13H,4H2,1-3H3,(H,21,25)(H,22,23). The van der Waals surface area contributed by atoms with Gasteiger partial charge in [-0.1, -0.05) is 54.3 Å². The summed E-state index contributed by atoms with van der Waals surface area (Å²) in [5.41, 5.74) is 2.86. The van der Waals surface area contributed by atoms with E-state index in [2.05, 4.69) is 27.8 Å². The number of methoxy groups -OCH3 is 1. The summed E-state index contributed by atoms with van der Waals surface area (Å²) in [6.07, 6.45) is 0.975. The van der Waals surface area contributed by atoms with E-state index in [0.29, 0.717) is 5.13 Å². The van der Waals surface area contributed by atoms with E-state index >= 15 is 0 Å². The number of thioether (sulfide) groups is 1. The average Bonchev–Trinajstić information content (AvgIpc) is 3.15. The van der Waals surface area contributed by atoms with Gasteiger partial charge in [0, 0.05) is 5.69 Å². The molecule has 1 unspecified atom stereocenters. The number of amides is 1. The molecule has 0 aliphatic heterocycles. The fraction of sp³-hybridized carbons (Fsp3) is 0.250. The number of anilines is 3. The van der Waals surface area contributed by atoms with Crippen molar-refractivity contribution >= 4 is 45.5 Å². The van der Waals surface area contributed by atoms with Crippen molar-refractivity contribution < 1.29 is 9.53 Å². The number of hydrogen-bond donors (Lipinski definition) is 2. The molecule has 1 heterocycles. The van der Waals surface area contributed by atoms with Crippen LogP contribution >= 0.6 is 23.1 Å². The highest BCUT2D eigenvalue weighted by molar-refractivity contribution is 8.02. The van der Waals surface area contributed by atoms with Crippen LogP contribution in [0.1, 0.15) is 19.4 Å². The van der Waals surface area contributed by atoms with Gasteiger partial charge in [-0.25, -0.2) is 0 Å². The Bertz CT molecular complexity index is 928. The number of rotatable bonds is 8. The Morgan fingerprint density at radius 1 is 1.18 bits per heavy atom. The van der Waals surface area contributed by atoms with Gasteiger partial charge in [0.15, 0.2) is 4.34 Å². The van der Waals surface area contributed by atoms with Gasteiger partial charge in [-0.05, 0) is 43.2 Å². The number of para-hydroxylation sites is 2. The smallest absolute Gasteiger partial charge is 0.237 e. The van der Waals surface area contributed by atoms with Crippen molar-refractivity contribution in [1.82, 2.24) is 10.2 Å². The molecule has 1 aromatic heterocycles. The van der Waals surface area contributed by atoms with Gasteiger partial charge in [-0.15, -0.1) is 10.2 Å². The second kappa shape index (κ2) is 9.57. The van der Waals surface area contributed by atoms with Crippen molar-refractivity contribution in [1.29, 1.82) is 0 Å². The number of benzene rings is 2. The molecule has 6 nitrogen and oxygen atoms in total. The van der Waals surface area contributed by atoms with Crippen molar-refractivity contribution in [2.75, 3.05) is 17.7 Å². The third-order valence-corrected chi connectivity index (χ3v) is 6.05. The zero-order valence-electron chi connectivity index (χ0n) is 15.9. The second-order valence-corrected chi connectivity index (χ2v) is 8.56. The Hall–Kier alpha value is -2.58. The van der Waals surface area contributed by atoms with Gasteiger partial charge in [0.1, 0.15) is 5.75 Å². The zero-order chi connectivity index (χ0) is 19.9. The number of aromatic nitrogens is 2. The molecule has 0 fully saturated rings. The second-order valence-electron chi connectivity index (χ2n) is 6.00. The van der Waals surface area contributed by atoms with Gasteiger partial charge >= 0.3 is 0 Å². The lowest BCUT2D eigenvalue weighted by molar-refractivity contribution is -0.115. The topological polar surface area (TPSA) is 76.1 Å². The van der Waals surface area contributed by atoms with Crippen LogP contribution in [0.3, 0.4) is 0 Å². The van der Waals surface area contributed by atoms with Crippen LogP contribution in [-0.2, 0) is 11.2 Å². The number of aryl methyl sites for hydroxylation is 1. The van der Waals surface area contributed by atoms with E-state index in [9.17, 15) is 4.79 Å². The number of carbonyl (C=O) groups is 1. The molecule has 0 aliphatic carbocycles. The minimum atomic E-state index is -0.294. The molecule has 8 heteroatoms. The summed E-state index contributed by atoms with van der Waals surface area (Å²) in [5.74, 6) is 0.664. The van der Waals surface area contributed by atoms with Gasteiger partial charge in [0.2, 0.25) is 11.0 Å². The molecule has 0 spiro atoms. The molecule has 1 atom stereocenters. The van der Waals surface area contributed by atoms with E-state index in [1.54, 1.807) is 7.11 Å². The maximum Gasteiger partial charge on any atom is 0.237 e. The first-order valence-corrected chi connectivity index (χ1v) is 10.6. The Labute approximate surface area is 172 Å². The summed E-state index contributed by atoms with van der Waals surface area (Å²) in [6, 6.07) is 15.5. The van der Waals surface area contributed by atoms with Gasteiger partial charge < -0.3 is 15.4 Å². The van der Waals surface area contributed by atoms with E-state index in [1.165, 1.54) is 28.7 Å². The van der Waals surface area contributed by atoms with Crippen molar-refractivity contribution in [2.24, 2.45) is 0 Å². The van der Waals surface area contributed by atoms with Crippen molar-refractivity contribution in [2.45, 2.75) is 29.9 Å². The average molecular weight is 415 g/mol. The summed E-state index contributed by atoms with van der Waals surface area (Å²) in [6.45, 7) is 3.96. The highest BCUT2D eigenvalue weighted by atomic mass is 32.2. The minimum Gasteiger partial charge on any atom is -0.495 e.